The molecule has 1 aliphatic heterocycles. The first-order valence-corrected chi connectivity index (χ1v) is 6.07. The Bertz CT molecular complexity index is 380. The minimum Gasteiger partial charge on any atom is -0.271 e. The van der Waals surface area contributed by atoms with Crippen LogP contribution in [0.2, 0.25) is 0 Å². The smallest absolute Gasteiger partial charge is 0.0983 e. The van der Waals surface area contributed by atoms with Gasteiger partial charge in [-0.15, -0.1) is 11.8 Å². The molecule has 0 atom stereocenters. The first-order chi connectivity index (χ1) is 6.62. The van der Waals surface area contributed by atoms with E-state index in [-0.39, 0.29) is 5.54 Å². The average molecular weight is 205 g/mol. The van der Waals surface area contributed by atoms with Gasteiger partial charge >= 0.3 is 0 Å². The minimum absolute atomic E-state index is 0.0622. The monoisotopic (exact) mass is 205 g/mol. The number of hydrogen-bond acceptors (Lipinski definition) is 2. The Morgan fingerprint density at radius 2 is 2.00 bits per heavy atom. The second-order valence-electron chi connectivity index (χ2n) is 4.27. The molecule has 1 nitrogen and oxygen atoms in total. The summed E-state index contributed by atoms with van der Waals surface area (Å²) < 4.78 is 0. The molecule has 1 aromatic rings. The summed E-state index contributed by atoms with van der Waals surface area (Å²) >= 11 is 1.74. The number of hydrogen-bond donors (Lipinski definition) is 0. The largest absolute Gasteiger partial charge is 0.271 e. The van der Waals surface area contributed by atoms with E-state index in [1.807, 2.05) is 0 Å². The molecule has 0 radical (unpaired) electrons. The van der Waals surface area contributed by atoms with Crippen LogP contribution in [0, 0.1) is 0 Å². The van der Waals surface area contributed by atoms with Crippen molar-refractivity contribution in [3.63, 3.8) is 0 Å². The highest BCUT2D eigenvalue weighted by Gasteiger charge is 2.25. The predicted molar refractivity (Wildman–Crippen MR) is 64.3 cm³/mol. The van der Waals surface area contributed by atoms with E-state index >= 15 is 0 Å². The average Bonchev–Trinajstić information content (AvgIpc) is 2.15. The third-order valence-electron chi connectivity index (χ3n) is 2.47. The first-order valence-electron chi connectivity index (χ1n) is 4.84. The van der Waals surface area contributed by atoms with Crippen LogP contribution in [0.15, 0.2) is 29.3 Å². The van der Waals surface area contributed by atoms with Gasteiger partial charge < -0.3 is 0 Å². The Balaban J connectivity index is 2.53. The third kappa shape index (κ3) is 1.71. The maximum atomic E-state index is 4.75. The van der Waals surface area contributed by atoms with Gasteiger partial charge in [0, 0.05) is 5.56 Å². The summed E-state index contributed by atoms with van der Waals surface area (Å²) in [5.74, 6) is 0. The molecule has 0 saturated carbocycles. The lowest BCUT2D eigenvalue weighted by Crippen LogP contribution is -2.27. The van der Waals surface area contributed by atoms with Gasteiger partial charge in [0.2, 0.25) is 0 Å². The van der Waals surface area contributed by atoms with E-state index in [2.05, 4.69) is 44.4 Å². The zero-order valence-corrected chi connectivity index (χ0v) is 9.69. The lowest BCUT2D eigenvalue weighted by atomic mass is 9.90. The molecule has 0 N–H and O–H groups in total. The number of fused-ring (bicyclic) bond motifs is 1. The number of benzene rings is 1. The van der Waals surface area contributed by atoms with E-state index in [1.165, 1.54) is 16.2 Å². The second-order valence-corrected chi connectivity index (χ2v) is 5.06. The van der Waals surface area contributed by atoms with Gasteiger partial charge in [-0.25, -0.2) is 0 Å². The molecule has 2 rings (SSSR count). The van der Waals surface area contributed by atoms with Crippen LogP contribution >= 0.6 is 11.8 Å². The summed E-state index contributed by atoms with van der Waals surface area (Å²) in [6, 6.07) is 8.57. The molecular weight excluding hydrogens is 190 g/mol. The summed E-state index contributed by atoms with van der Waals surface area (Å²) in [7, 11) is 0. The Kier molecular flexibility index (Phi) is 2.40. The van der Waals surface area contributed by atoms with Crippen molar-refractivity contribution in [2.75, 3.05) is 6.26 Å². The van der Waals surface area contributed by atoms with E-state index in [0.29, 0.717) is 0 Å². The van der Waals surface area contributed by atoms with Crippen molar-refractivity contribution >= 4 is 16.8 Å². The molecule has 14 heavy (non-hydrogen) atoms. The molecule has 0 unspecified atom stereocenters. The van der Waals surface area contributed by atoms with Crippen molar-refractivity contribution in [2.45, 2.75) is 25.8 Å². The Morgan fingerprint density at radius 1 is 1.29 bits per heavy atom. The van der Waals surface area contributed by atoms with Crippen LogP contribution in [0.4, 0.5) is 0 Å². The van der Waals surface area contributed by atoms with Crippen molar-refractivity contribution < 1.29 is 0 Å². The summed E-state index contributed by atoms with van der Waals surface area (Å²) in [6.07, 6.45) is 3.14. The van der Waals surface area contributed by atoms with Crippen molar-refractivity contribution in [1.29, 1.82) is 0 Å². The Labute approximate surface area is 89.6 Å². The van der Waals surface area contributed by atoms with Crippen molar-refractivity contribution in [1.82, 2.24) is 0 Å². The summed E-state index contributed by atoms with van der Waals surface area (Å²) in [5, 5.41) is 1.18. The van der Waals surface area contributed by atoms with E-state index in [4.69, 9.17) is 4.99 Å². The zero-order valence-electron chi connectivity index (χ0n) is 8.87. The highest BCUT2D eigenvalue weighted by Crippen LogP contribution is 2.29. The third-order valence-corrected chi connectivity index (χ3v) is 3.17. The van der Waals surface area contributed by atoms with Gasteiger partial charge in [0.15, 0.2) is 0 Å². The summed E-state index contributed by atoms with van der Waals surface area (Å²) in [6.45, 7) is 4.39. The van der Waals surface area contributed by atoms with Crippen LogP contribution in [0.3, 0.4) is 0 Å². The van der Waals surface area contributed by atoms with E-state index in [1.54, 1.807) is 11.8 Å². The predicted octanol–water partition coefficient (Wildman–Crippen LogP) is 3.13. The topological polar surface area (TPSA) is 12.4 Å². The van der Waals surface area contributed by atoms with Gasteiger partial charge in [-0.1, -0.05) is 24.3 Å². The fourth-order valence-electron chi connectivity index (χ4n) is 1.88. The standard InChI is InChI=1S/C12H15NS/c1-12(2)8-9-6-4-5-7-10(9)11(13-12)14-3/h4-7H,8H2,1-3H3. The molecule has 1 aliphatic rings. The fraction of sp³-hybridized carbons (Fsp3) is 0.417. The molecule has 0 amide bonds. The molecule has 0 spiro atoms. The molecule has 1 aromatic carbocycles. The maximum Gasteiger partial charge on any atom is 0.0983 e. The first kappa shape index (κ1) is 9.78. The summed E-state index contributed by atoms with van der Waals surface area (Å²) in [4.78, 5) is 4.75. The molecule has 0 aliphatic carbocycles. The highest BCUT2D eigenvalue weighted by atomic mass is 32.2. The van der Waals surface area contributed by atoms with Crippen molar-refractivity contribution in [3.8, 4) is 0 Å². The van der Waals surface area contributed by atoms with Gasteiger partial charge in [0.1, 0.15) is 0 Å². The molecular formula is C12H15NS. The number of aliphatic imine (C=N–C) groups is 1. The highest BCUT2D eigenvalue weighted by molar-refractivity contribution is 8.13. The Hall–Kier alpha value is -0.760. The molecule has 0 fully saturated rings. The zero-order chi connectivity index (χ0) is 10.2. The van der Waals surface area contributed by atoms with Gasteiger partial charge in [-0.3, -0.25) is 4.99 Å². The molecule has 74 valence electrons. The normalized spacial score (nSPS) is 18.6. The van der Waals surface area contributed by atoms with Gasteiger partial charge in [-0.05, 0) is 32.1 Å². The van der Waals surface area contributed by atoms with Crippen LogP contribution in [-0.4, -0.2) is 16.8 Å². The lowest BCUT2D eigenvalue weighted by molar-refractivity contribution is 0.515. The fourth-order valence-corrected chi connectivity index (χ4v) is 2.64. The van der Waals surface area contributed by atoms with Crippen molar-refractivity contribution in [3.05, 3.63) is 35.4 Å². The summed E-state index contributed by atoms with van der Waals surface area (Å²) in [5.41, 5.74) is 2.81. The van der Waals surface area contributed by atoms with E-state index in [9.17, 15) is 0 Å². The van der Waals surface area contributed by atoms with Crippen LogP contribution in [0.25, 0.3) is 0 Å². The van der Waals surface area contributed by atoms with Crippen LogP contribution in [-0.2, 0) is 6.42 Å². The molecule has 2 heteroatoms. The van der Waals surface area contributed by atoms with Crippen LogP contribution in [0.5, 0.6) is 0 Å². The quantitative estimate of drug-likeness (QED) is 0.634. The van der Waals surface area contributed by atoms with Gasteiger partial charge in [0.25, 0.3) is 0 Å². The van der Waals surface area contributed by atoms with E-state index < -0.39 is 0 Å². The SMILES string of the molecule is CSC1=NC(C)(C)Cc2ccccc21. The maximum absolute atomic E-state index is 4.75. The Morgan fingerprint density at radius 3 is 2.71 bits per heavy atom. The van der Waals surface area contributed by atoms with Crippen molar-refractivity contribution in [2.24, 2.45) is 4.99 Å². The molecule has 0 aromatic heterocycles. The van der Waals surface area contributed by atoms with Crippen LogP contribution < -0.4 is 0 Å². The lowest BCUT2D eigenvalue weighted by Gasteiger charge is -2.28. The molecule has 0 saturated heterocycles. The second kappa shape index (κ2) is 3.43. The minimum atomic E-state index is 0.0622. The number of thioether (sulfide) groups is 1. The number of nitrogens with zero attached hydrogens (tertiary/aromatic N) is 1. The van der Waals surface area contributed by atoms with Crippen LogP contribution in [0.1, 0.15) is 25.0 Å². The van der Waals surface area contributed by atoms with Gasteiger partial charge in [0.05, 0.1) is 10.6 Å². The molecule has 1 heterocycles. The van der Waals surface area contributed by atoms with Gasteiger partial charge in [-0.2, -0.15) is 0 Å². The number of rotatable bonds is 0. The molecule has 0 bridgehead atoms. The van der Waals surface area contributed by atoms with E-state index in [0.717, 1.165) is 6.42 Å².